The molecule has 0 aromatic heterocycles. The van der Waals surface area contributed by atoms with Gasteiger partial charge in [0.05, 0.1) is 0 Å². The van der Waals surface area contributed by atoms with Crippen LogP contribution in [0.15, 0.2) is 97.1 Å². The van der Waals surface area contributed by atoms with Gasteiger partial charge in [-0.15, -0.1) is 0 Å². The fraction of sp³-hybridized carbons (Fsp3) is 0.172. The average molecular weight is 525 g/mol. The number of hydrogen-bond acceptors (Lipinski definition) is 2. The van der Waals surface area contributed by atoms with E-state index in [1.165, 1.54) is 38.2 Å². The van der Waals surface area contributed by atoms with Crippen molar-refractivity contribution in [3.8, 4) is 5.75 Å². The minimum Gasteiger partial charge on any atom is -0.303 e. The minimum atomic E-state index is -4.64. The van der Waals surface area contributed by atoms with Crippen LogP contribution in [0.1, 0.15) is 22.3 Å². The van der Waals surface area contributed by atoms with Crippen molar-refractivity contribution in [3.63, 3.8) is 0 Å². The van der Waals surface area contributed by atoms with Gasteiger partial charge in [0, 0.05) is 0 Å². The van der Waals surface area contributed by atoms with Crippen LogP contribution < -0.4 is 20.7 Å². The van der Waals surface area contributed by atoms with Crippen molar-refractivity contribution in [3.05, 3.63) is 119 Å². The summed E-state index contributed by atoms with van der Waals surface area (Å²) in [6.45, 7) is 6.59. The van der Waals surface area contributed by atoms with Crippen LogP contribution in [0.2, 0.25) is 0 Å². The molecule has 0 amide bonds. The molecular weight excluding hydrogens is 490 g/mol. The molecule has 0 saturated carbocycles. The summed E-state index contributed by atoms with van der Waals surface area (Å²) in [4.78, 5) is 21.6. The van der Waals surface area contributed by atoms with E-state index in [4.69, 9.17) is 24.0 Å². The van der Waals surface area contributed by atoms with Crippen LogP contribution in [0, 0.1) is 20.8 Å². The summed E-state index contributed by atoms with van der Waals surface area (Å²) >= 11 is 0. The van der Waals surface area contributed by atoms with Gasteiger partial charge >= 0.3 is 195 Å². The summed E-state index contributed by atoms with van der Waals surface area (Å²) in [6, 6.07) is 36.1. The van der Waals surface area contributed by atoms with Crippen LogP contribution in [0.4, 0.5) is 0 Å². The van der Waals surface area contributed by atoms with Crippen molar-refractivity contribution in [1.29, 1.82) is 0 Å². The second kappa shape index (κ2) is 12.0. The summed E-state index contributed by atoms with van der Waals surface area (Å²) in [7, 11) is -5.24. The topological polar surface area (TPSA) is 87.0 Å². The average Bonchev–Trinajstić information content (AvgIpc) is 2.82. The number of hydrogen-bond donors (Lipinski definition) is 3. The van der Waals surface area contributed by atoms with Crippen molar-refractivity contribution in [2.45, 2.75) is 26.9 Å². The van der Waals surface area contributed by atoms with Crippen LogP contribution in [-0.4, -0.2) is 21.8 Å². The first-order valence-electron chi connectivity index (χ1n) is 11.6. The van der Waals surface area contributed by atoms with E-state index in [1.807, 2.05) is 0 Å². The Morgan fingerprint density at radius 2 is 1.03 bits per heavy atom. The first kappa shape index (κ1) is 27.8. The quantitative estimate of drug-likeness (QED) is 0.312. The molecule has 190 valence electrons. The number of methoxy groups -OCH3 is 1. The summed E-state index contributed by atoms with van der Waals surface area (Å²) in [5, 5.41) is 4.37. The summed E-state index contributed by atoms with van der Waals surface area (Å²) in [6.07, 6.45) is 1.01. The Bertz CT molecular complexity index is 1230. The van der Waals surface area contributed by atoms with Gasteiger partial charge in [-0.3, -0.25) is 0 Å². The molecule has 0 heterocycles. The Morgan fingerprint density at radius 1 is 0.667 bits per heavy atom. The Balaban J connectivity index is 0.000000658. The molecule has 0 spiro atoms. The first-order chi connectivity index (χ1) is 17.0. The van der Waals surface area contributed by atoms with Crippen molar-refractivity contribution in [2.75, 3.05) is 7.11 Å². The van der Waals surface area contributed by atoms with Gasteiger partial charge in [-0.25, -0.2) is 4.57 Å². The Morgan fingerprint density at radius 3 is 1.33 bits per heavy atom. The molecule has 4 rings (SSSR count). The van der Waals surface area contributed by atoms with Gasteiger partial charge in [0.1, 0.15) is 0 Å². The molecule has 0 unspecified atom stereocenters. The monoisotopic (exact) mass is 524 g/mol. The third-order valence-corrected chi connectivity index (χ3v) is 11.0. The van der Waals surface area contributed by atoms with Crippen molar-refractivity contribution < 1.29 is 24.0 Å². The van der Waals surface area contributed by atoms with Gasteiger partial charge in [-0.1, -0.05) is 0 Å². The predicted octanol–water partition coefficient (Wildman–Crippen LogP) is 4.92. The Labute approximate surface area is 214 Å². The molecule has 0 saturated heterocycles. The van der Waals surface area contributed by atoms with Crippen LogP contribution in [0.25, 0.3) is 0 Å². The van der Waals surface area contributed by atoms with Gasteiger partial charge in [-0.2, -0.15) is 0 Å². The molecule has 4 aromatic carbocycles. The van der Waals surface area contributed by atoms with E-state index in [0.29, 0.717) is 0 Å². The fourth-order valence-corrected chi connectivity index (χ4v) is 9.61. The zero-order chi connectivity index (χ0) is 26.3. The van der Waals surface area contributed by atoms with E-state index >= 15 is 0 Å². The van der Waals surface area contributed by atoms with Gasteiger partial charge in [0.25, 0.3) is 0 Å². The maximum absolute atomic E-state index is 8.88. The molecule has 0 aliphatic heterocycles. The summed E-state index contributed by atoms with van der Waals surface area (Å²) in [5.41, 5.74) is 5.27. The number of phosphoric acid groups is 1. The van der Waals surface area contributed by atoms with E-state index in [9.17, 15) is 0 Å². The van der Waals surface area contributed by atoms with Gasteiger partial charge in [0.2, 0.25) is 0 Å². The predicted molar refractivity (Wildman–Crippen MR) is 152 cm³/mol. The molecule has 36 heavy (non-hydrogen) atoms. The fourth-order valence-electron chi connectivity index (χ4n) is 4.59. The molecule has 0 atom stereocenters. The summed E-state index contributed by atoms with van der Waals surface area (Å²) in [5.74, 6) is 0.901. The molecule has 0 aliphatic rings. The maximum Gasteiger partial charge on any atom is 0.466 e. The molecule has 7 heteroatoms. The van der Waals surface area contributed by atoms with E-state index in [1.54, 1.807) is 7.11 Å². The number of rotatable bonds is 6. The normalized spacial score (nSPS) is 11.9. The molecule has 0 fully saturated rings. The second-order valence-electron chi connectivity index (χ2n) is 9.05. The maximum atomic E-state index is 8.88. The van der Waals surface area contributed by atoms with Gasteiger partial charge in [0.15, 0.2) is 0 Å². The van der Waals surface area contributed by atoms with Crippen molar-refractivity contribution >= 4 is 31.0 Å². The third-order valence-electron chi connectivity index (χ3n) is 6.16. The third kappa shape index (κ3) is 7.36. The molecule has 0 aliphatic carbocycles. The molecule has 4 aromatic rings. The largest absolute Gasteiger partial charge is 0.466 e. The zero-order valence-electron chi connectivity index (χ0n) is 21.1. The molecule has 0 bridgehead atoms. The number of benzene rings is 4. The number of ether oxygens (including phenoxy) is 1. The van der Waals surface area contributed by atoms with E-state index in [2.05, 4.69) is 118 Å². The SMILES string of the molecule is COc1ccc(C[PH](c2cccc(C)c2)(c2cccc(C)c2)c2cccc(C)c2)cc1.O=P(O)(O)O. The van der Waals surface area contributed by atoms with Crippen LogP contribution >= 0.6 is 15.1 Å². The van der Waals surface area contributed by atoms with E-state index in [0.717, 1.165) is 11.9 Å². The summed E-state index contributed by atoms with van der Waals surface area (Å²) < 4.78 is 14.3. The Hall–Kier alpha value is -2.78. The van der Waals surface area contributed by atoms with Gasteiger partial charge in [-0.05, 0) is 0 Å². The zero-order valence-corrected chi connectivity index (χ0v) is 22.9. The molecule has 5 nitrogen and oxygen atoms in total. The molecular formula is C29H34O5P2. The van der Waals surface area contributed by atoms with Crippen molar-refractivity contribution in [2.24, 2.45) is 0 Å². The molecule has 0 radical (unpaired) electrons. The van der Waals surface area contributed by atoms with Crippen molar-refractivity contribution in [1.82, 2.24) is 0 Å². The van der Waals surface area contributed by atoms with Crippen LogP contribution in [0.5, 0.6) is 5.75 Å². The van der Waals surface area contributed by atoms with Gasteiger partial charge < -0.3 is 14.7 Å². The van der Waals surface area contributed by atoms with Crippen LogP contribution in [-0.2, 0) is 10.7 Å². The smallest absolute Gasteiger partial charge is 0.303 e. The molecule has 3 N–H and O–H groups in total. The van der Waals surface area contributed by atoms with E-state index < -0.39 is 15.1 Å². The minimum absolute atomic E-state index is 0.901. The van der Waals surface area contributed by atoms with E-state index in [-0.39, 0.29) is 0 Å². The second-order valence-corrected chi connectivity index (χ2v) is 14.0. The Kier molecular flexibility index (Phi) is 9.24. The first-order valence-corrected chi connectivity index (χ1v) is 15.4. The standard InChI is InChI=1S/C29H31OP.H3O4P/c1-22-8-5-11-27(18-22)31(28-12-6-9-23(2)19-28,29-13-7-10-24(3)20-29)21-25-14-16-26(30-4)17-15-25;1-5(2,3)4/h5-20,31H,21H2,1-4H3;(H3,1,2,3,4). The number of aryl methyl sites for hydroxylation is 3. The van der Waals surface area contributed by atoms with Crippen LogP contribution in [0.3, 0.4) is 0 Å².